The zero-order chi connectivity index (χ0) is 21.1. The molecule has 152 valence electrons. The average molecular weight is 426 g/mol. The summed E-state index contributed by atoms with van der Waals surface area (Å²) in [5, 5.41) is 7.70. The maximum absolute atomic E-state index is 12.4. The number of halogens is 1. The third kappa shape index (κ3) is 4.41. The van der Waals surface area contributed by atoms with Gasteiger partial charge in [0.25, 0.3) is 11.5 Å². The molecule has 1 amide bonds. The van der Waals surface area contributed by atoms with Crippen LogP contribution < -0.4 is 15.6 Å². The molecule has 4 rings (SSSR count). The molecule has 2 N–H and O–H groups in total. The van der Waals surface area contributed by atoms with Crippen LogP contribution in [0, 0.1) is 6.92 Å². The van der Waals surface area contributed by atoms with E-state index >= 15 is 0 Å². The van der Waals surface area contributed by atoms with Gasteiger partial charge >= 0.3 is 0 Å². The smallest absolute Gasteiger partial charge is 0.263 e. The molecule has 0 aliphatic rings. The van der Waals surface area contributed by atoms with E-state index < -0.39 is 5.91 Å². The lowest BCUT2D eigenvalue weighted by Gasteiger charge is -2.09. The highest BCUT2D eigenvalue weighted by Crippen LogP contribution is 2.24. The van der Waals surface area contributed by atoms with Gasteiger partial charge in [-0.1, -0.05) is 11.6 Å². The number of amides is 1. The first-order valence-electron chi connectivity index (χ1n) is 8.88. The third-order valence-corrected chi connectivity index (χ3v) is 4.24. The van der Waals surface area contributed by atoms with Crippen molar-refractivity contribution in [2.45, 2.75) is 6.92 Å². The Hall–Kier alpha value is -3.85. The first-order chi connectivity index (χ1) is 14.5. The topological polar surface area (TPSA) is 115 Å². The number of nitrogens with zero attached hydrogens (tertiary/aromatic N) is 3. The molecule has 0 bridgehead atoms. The Morgan fingerprint density at radius 3 is 2.77 bits per heavy atom. The highest BCUT2D eigenvalue weighted by molar-refractivity contribution is 6.30. The lowest BCUT2D eigenvalue weighted by Crippen LogP contribution is -2.23. The van der Waals surface area contributed by atoms with Gasteiger partial charge < -0.3 is 14.5 Å². The van der Waals surface area contributed by atoms with Crippen LogP contribution in [0.3, 0.4) is 0 Å². The second-order valence-corrected chi connectivity index (χ2v) is 6.74. The minimum atomic E-state index is -0.424. The molecule has 0 aliphatic carbocycles. The van der Waals surface area contributed by atoms with Crippen molar-refractivity contribution >= 4 is 23.3 Å². The van der Waals surface area contributed by atoms with E-state index in [1.807, 2.05) is 0 Å². The van der Waals surface area contributed by atoms with Crippen molar-refractivity contribution < 1.29 is 13.9 Å². The summed E-state index contributed by atoms with van der Waals surface area (Å²) >= 11 is 5.84. The summed E-state index contributed by atoms with van der Waals surface area (Å²) in [7, 11) is 0. The molecular formula is C20H16ClN5O4. The first kappa shape index (κ1) is 19.5. The van der Waals surface area contributed by atoms with E-state index in [0.717, 1.165) is 0 Å². The van der Waals surface area contributed by atoms with Crippen LogP contribution >= 0.6 is 11.6 Å². The molecule has 0 unspecified atom stereocenters. The summed E-state index contributed by atoms with van der Waals surface area (Å²) < 4.78 is 12.2. The number of aromatic nitrogens is 4. The van der Waals surface area contributed by atoms with E-state index in [2.05, 4.69) is 20.4 Å². The van der Waals surface area contributed by atoms with Gasteiger partial charge in [-0.2, -0.15) is 9.78 Å². The number of benzene rings is 1. The maximum atomic E-state index is 12.4. The van der Waals surface area contributed by atoms with Crippen molar-refractivity contribution in [3.63, 3.8) is 0 Å². The molecule has 4 aromatic rings. The summed E-state index contributed by atoms with van der Waals surface area (Å²) in [6.07, 6.45) is 1.51. The number of ether oxygens (including phenoxy) is 1. The number of hydrogen-bond donors (Lipinski definition) is 2. The van der Waals surface area contributed by atoms with Crippen molar-refractivity contribution in [2.24, 2.45) is 0 Å². The number of nitrogens with one attached hydrogen (secondary N) is 2. The van der Waals surface area contributed by atoms with E-state index in [4.69, 9.17) is 20.8 Å². The van der Waals surface area contributed by atoms with Crippen LogP contribution in [0.2, 0.25) is 5.02 Å². The van der Waals surface area contributed by atoms with E-state index in [1.54, 1.807) is 49.4 Å². The minimum Gasteiger partial charge on any atom is -0.484 e. The van der Waals surface area contributed by atoms with Crippen molar-refractivity contribution in [3.8, 4) is 23.2 Å². The number of anilines is 1. The highest BCUT2D eigenvalue weighted by atomic mass is 35.5. The van der Waals surface area contributed by atoms with Gasteiger partial charge in [0.05, 0.1) is 6.26 Å². The first-order valence-corrected chi connectivity index (χ1v) is 9.26. The third-order valence-electron chi connectivity index (χ3n) is 3.99. The van der Waals surface area contributed by atoms with Gasteiger partial charge in [0.15, 0.2) is 12.4 Å². The number of hydrogen-bond acceptors (Lipinski definition) is 6. The summed E-state index contributed by atoms with van der Waals surface area (Å²) in [5.74, 6) is 1.03. The van der Waals surface area contributed by atoms with Crippen molar-refractivity contribution in [2.75, 3.05) is 11.9 Å². The Bertz CT molecular complexity index is 1230. The van der Waals surface area contributed by atoms with Gasteiger partial charge in [0.1, 0.15) is 17.3 Å². The lowest BCUT2D eigenvalue weighted by molar-refractivity contribution is -0.118. The fourth-order valence-electron chi connectivity index (χ4n) is 2.70. The molecular weight excluding hydrogens is 410 g/mol. The second-order valence-electron chi connectivity index (χ2n) is 6.31. The van der Waals surface area contributed by atoms with Gasteiger partial charge in [-0.15, -0.1) is 0 Å². The summed E-state index contributed by atoms with van der Waals surface area (Å²) in [5.41, 5.74) is 0.626. The zero-order valence-corrected chi connectivity index (χ0v) is 16.5. The van der Waals surface area contributed by atoms with Crippen LogP contribution in [0.5, 0.6) is 5.75 Å². The molecule has 10 heteroatoms. The van der Waals surface area contributed by atoms with Crippen LogP contribution in [0.25, 0.3) is 17.4 Å². The monoisotopic (exact) mass is 425 g/mol. The average Bonchev–Trinajstić information content (AvgIpc) is 3.37. The fourth-order valence-corrected chi connectivity index (χ4v) is 2.82. The number of furan rings is 1. The second kappa shape index (κ2) is 8.26. The zero-order valence-electron chi connectivity index (χ0n) is 15.8. The van der Waals surface area contributed by atoms with Crippen LogP contribution in [-0.2, 0) is 4.79 Å². The van der Waals surface area contributed by atoms with Gasteiger partial charge in [0.2, 0.25) is 5.95 Å². The number of carbonyl (C=O) groups excluding carboxylic acids is 1. The van der Waals surface area contributed by atoms with Crippen LogP contribution in [0.1, 0.15) is 5.69 Å². The van der Waals surface area contributed by atoms with Crippen molar-refractivity contribution in [1.29, 1.82) is 0 Å². The molecule has 9 nitrogen and oxygen atoms in total. The van der Waals surface area contributed by atoms with Gasteiger partial charge in [-0.25, -0.2) is 4.98 Å². The van der Waals surface area contributed by atoms with E-state index in [1.165, 1.54) is 17.0 Å². The van der Waals surface area contributed by atoms with Crippen LogP contribution in [-0.4, -0.2) is 32.3 Å². The minimum absolute atomic E-state index is 0.159. The molecule has 3 heterocycles. The number of aromatic amines is 1. The number of H-pyrrole nitrogens is 1. The Kier molecular flexibility index (Phi) is 5.36. The molecule has 0 atom stereocenters. The molecule has 0 aliphatic heterocycles. The van der Waals surface area contributed by atoms with Crippen molar-refractivity contribution in [1.82, 2.24) is 19.7 Å². The van der Waals surface area contributed by atoms with Gasteiger partial charge in [-0.05, 0) is 43.3 Å². The summed E-state index contributed by atoms with van der Waals surface area (Å²) in [4.78, 5) is 31.2. The largest absolute Gasteiger partial charge is 0.484 e. The summed E-state index contributed by atoms with van der Waals surface area (Å²) in [6.45, 7) is 1.45. The molecule has 30 heavy (non-hydrogen) atoms. The molecule has 3 aromatic heterocycles. The SMILES string of the molecule is Cc1cc(=O)[nH]c(-n2nc(-c3ccco3)cc2NC(=O)COc2ccc(Cl)cc2)n1. The van der Waals surface area contributed by atoms with Gasteiger partial charge in [-0.3, -0.25) is 14.6 Å². The normalized spacial score (nSPS) is 10.7. The molecule has 0 spiro atoms. The Balaban J connectivity index is 1.60. The predicted molar refractivity (Wildman–Crippen MR) is 110 cm³/mol. The Morgan fingerprint density at radius 1 is 1.27 bits per heavy atom. The predicted octanol–water partition coefficient (Wildman–Crippen LogP) is 3.19. The Morgan fingerprint density at radius 2 is 2.07 bits per heavy atom. The molecule has 0 fully saturated rings. The molecule has 0 radical (unpaired) electrons. The van der Waals surface area contributed by atoms with E-state index in [-0.39, 0.29) is 18.1 Å². The molecule has 0 saturated carbocycles. The van der Waals surface area contributed by atoms with E-state index in [9.17, 15) is 9.59 Å². The quantitative estimate of drug-likeness (QED) is 0.490. The maximum Gasteiger partial charge on any atom is 0.263 e. The number of carbonyl (C=O) groups is 1. The van der Waals surface area contributed by atoms with Crippen LogP contribution in [0.15, 0.2) is 64.0 Å². The lowest BCUT2D eigenvalue weighted by atomic mass is 10.3. The molecule has 0 saturated heterocycles. The number of rotatable bonds is 6. The Labute approximate surface area is 175 Å². The van der Waals surface area contributed by atoms with E-state index in [0.29, 0.717) is 33.7 Å². The fraction of sp³-hybridized carbons (Fsp3) is 0.100. The van der Waals surface area contributed by atoms with Crippen LogP contribution in [0.4, 0.5) is 5.82 Å². The van der Waals surface area contributed by atoms with Crippen molar-refractivity contribution in [3.05, 3.63) is 75.9 Å². The highest BCUT2D eigenvalue weighted by Gasteiger charge is 2.17. The summed E-state index contributed by atoms with van der Waals surface area (Å²) in [6, 6.07) is 13.1. The number of aryl methyl sites for hydroxylation is 1. The van der Waals surface area contributed by atoms with Gasteiger partial charge in [0, 0.05) is 22.8 Å². The standard InChI is InChI=1S/C20H16ClN5O4/c1-12-9-18(27)24-20(22-12)26-17(10-15(25-26)16-3-2-8-29-16)23-19(28)11-30-14-6-4-13(21)5-7-14/h2-10H,11H2,1H3,(H,23,28)(H,22,24,27). The molecule has 1 aromatic carbocycles.